The number of nitrogens with zero attached hydrogens (tertiary/aromatic N) is 4. The first-order chi connectivity index (χ1) is 16.6. The largest absolute Gasteiger partial charge is 0.489 e. The Morgan fingerprint density at radius 1 is 1.29 bits per heavy atom. The molecule has 0 saturated carbocycles. The van der Waals surface area contributed by atoms with Crippen LogP contribution in [0.25, 0.3) is 0 Å². The molecule has 0 saturated heterocycles. The molecule has 2 N–H and O–H groups in total. The highest BCUT2D eigenvalue weighted by molar-refractivity contribution is 6.38. The summed E-state index contributed by atoms with van der Waals surface area (Å²) < 4.78 is 5.81. The van der Waals surface area contributed by atoms with Crippen molar-refractivity contribution >= 4 is 23.3 Å². The Labute approximate surface area is 203 Å². The van der Waals surface area contributed by atoms with Gasteiger partial charge in [0.15, 0.2) is 6.17 Å². The fourth-order valence-electron chi connectivity index (χ4n) is 3.67. The third-order valence-corrected chi connectivity index (χ3v) is 5.60. The van der Waals surface area contributed by atoms with Crippen molar-refractivity contribution in [1.29, 1.82) is 0 Å². The van der Waals surface area contributed by atoms with Crippen LogP contribution in [0.4, 0.5) is 5.69 Å². The molecule has 2 atom stereocenters. The second kappa shape index (κ2) is 9.68. The highest BCUT2D eigenvalue weighted by Crippen LogP contribution is 2.31. The van der Waals surface area contributed by atoms with E-state index in [2.05, 4.69) is 32.4 Å². The first-order valence-electron chi connectivity index (χ1n) is 11.2. The van der Waals surface area contributed by atoms with Gasteiger partial charge in [0.25, 0.3) is 11.8 Å². The van der Waals surface area contributed by atoms with Crippen molar-refractivity contribution in [3.05, 3.63) is 59.2 Å². The van der Waals surface area contributed by atoms with Crippen LogP contribution in [-0.4, -0.2) is 54.2 Å². The summed E-state index contributed by atoms with van der Waals surface area (Å²) in [5.41, 5.74) is 2.20. The van der Waals surface area contributed by atoms with Crippen molar-refractivity contribution in [3.8, 4) is 17.6 Å². The second-order valence-electron chi connectivity index (χ2n) is 9.01. The Morgan fingerprint density at radius 2 is 2.06 bits per heavy atom. The molecule has 0 radical (unpaired) electrons. The van der Waals surface area contributed by atoms with Crippen LogP contribution in [0, 0.1) is 18.8 Å². The van der Waals surface area contributed by atoms with Gasteiger partial charge in [-0.05, 0) is 50.1 Å². The lowest BCUT2D eigenvalue weighted by molar-refractivity contribution is -0.124. The molecule has 0 aliphatic carbocycles. The summed E-state index contributed by atoms with van der Waals surface area (Å²) in [6.45, 7) is 5.14. The molecule has 35 heavy (non-hydrogen) atoms. The van der Waals surface area contributed by atoms with Crippen LogP contribution in [0.15, 0.2) is 57.7 Å². The summed E-state index contributed by atoms with van der Waals surface area (Å²) in [6, 6.07) is 12.1. The van der Waals surface area contributed by atoms with E-state index in [0.717, 1.165) is 11.1 Å². The molecular formula is C26H27N5O4. The number of fused-ring (bicyclic) bond motifs is 1. The van der Waals surface area contributed by atoms with Crippen LogP contribution in [0.1, 0.15) is 30.5 Å². The number of hydrogen-bond acceptors (Lipinski definition) is 7. The molecule has 0 fully saturated rings. The van der Waals surface area contributed by atoms with Gasteiger partial charge in [-0.25, -0.2) is 4.99 Å². The number of carbonyl (C=O) groups excluding carboxylic acids is 2. The molecule has 2 aromatic carbocycles. The average molecular weight is 474 g/mol. The molecule has 2 amide bonds. The number of benzene rings is 2. The van der Waals surface area contributed by atoms with Crippen molar-refractivity contribution < 1.29 is 19.4 Å². The van der Waals surface area contributed by atoms with E-state index in [-0.39, 0.29) is 18.3 Å². The number of aliphatic hydroxyl groups is 1. The zero-order valence-corrected chi connectivity index (χ0v) is 20.1. The molecule has 2 aromatic rings. The van der Waals surface area contributed by atoms with Gasteiger partial charge < -0.3 is 20.1 Å². The molecule has 1 unspecified atom stereocenters. The van der Waals surface area contributed by atoms with Crippen LogP contribution in [0.5, 0.6) is 5.75 Å². The first kappa shape index (κ1) is 24.1. The molecule has 4 rings (SSSR count). The monoisotopic (exact) mass is 473 g/mol. The van der Waals surface area contributed by atoms with Crippen molar-refractivity contribution in [1.82, 2.24) is 5.32 Å². The summed E-state index contributed by atoms with van der Waals surface area (Å²) in [4.78, 5) is 31.6. The minimum Gasteiger partial charge on any atom is -0.489 e. The van der Waals surface area contributed by atoms with E-state index >= 15 is 0 Å². The lowest BCUT2D eigenvalue weighted by Gasteiger charge is -2.20. The summed E-state index contributed by atoms with van der Waals surface area (Å²) in [7, 11) is 1.60. The van der Waals surface area contributed by atoms with Crippen LogP contribution in [0.2, 0.25) is 0 Å². The average Bonchev–Trinajstić information content (AvgIpc) is 3.25. The lowest BCUT2D eigenvalue weighted by atomic mass is 10.1. The number of carbonyl (C=O) groups is 2. The number of amides is 2. The Morgan fingerprint density at radius 3 is 2.80 bits per heavy atom. The van der Waals surface area contributed by atoms with E-state index in [1.807, 2.05) is 31.2 Å². The molecule has 0 bridgehead atoms. The van der Waals surface area contributed by atoms with Gasteiger partial charge in [-0.3, -0.25) is 9.59 Å². The number of azo groups is 1. The highest BCUT2D eigenvalue weighted by Gasteiger charge is 2.32. The van der Waals surface area contributed by atoms with Gasteiger partial charge in [-0.1, -0.05) is 36.1 Å². The number of rotatable bonds is 4. The van der Waals surface area contributed by atoms with Gasteiger partial charge in [0.2, 0.25) is 5.84 Å². The first-order valence-corrected chi connectivity index (χ1v) is 11.2. The third kappa shape index (κ3) is 5.73. The predicted octanol–water partition coefficient (Wildman–Crippen LogP) is 2.39. The number of likely N-dealkylation sites (N-methyl/N-ethyl adjacent to an activating group) is 1. The Bertz CT molecular complexity index is 1280. The smallest absolute Gasteiger partial charge is 0.291 e. The maximum Gasteiger partial charge on any atom is 0.291 e. The zero-order valence-electron chi connectivity index (χ0n) is 20.1. The lowest BCUT2D eigenvalue weighted by Crippen LogP contribution is -2.50. The Balaban J connectivity index is 1.44. The number of ether oxygens (including phenoxy) is 1. The van der Waals surface area contributed by atoms with Gasteiger partial charge in [0, 0.05) is 19.0 Å². The minimum absolute atomic E-state index is 0.0479. The van der Waals surface area contributed by atoms with Crippen molar-refractivity contribution in [2.75, 3.05) is 18.6 Å². The van der Waals surface area contributed by atoms with Crippen molar-refractivity contribution in [2.45, 2.75) is 45.0 Å². The number of aliphatic imine (C=N–C) groups is 1. The van der Waals surface area contributed by atoms with E-state index < -0.39 is 23.7 Å². The minimum atomic E-state index is -1.14. The summed E-state index contributed by atoms with van der Waals surface area (Å²) in [6.07, 6.45) is 0.0584. The van der Waals surface area contributed by atoms with Crippen LogP contribution < -0.4 is 15.0 Å². The number of nitrogens with one attached hydrogen (secondary N) is 1. The Hall–Kier alpha value is -4.03. The van der Waals surface area contributed by atoms with E-state index in [1.165, 1.54) is 4.90 Å². The molecular weight excluding hydrogens is 446 g/mol. The highest BCUT2D eigenvalue weighted by atomic mass is 16.5. The maximum absolute atomic E-state index is 13.1. The predicted molar refractivity (Wildman–Crippen MR) is 131 cm³/mol. The number of anilines is 1. The quantitative estimate of drug-likeness (QED) is 0.664. The number of aryl methyl sites for hydroxylation is 1. The number of amidine groups is 1. The zero-order chi connectivity index (χ0) is 25.2. The second-order valence-corrected chi connectivity index (χ2v) is 9.01. The SMILES string of the molecule is Cc1ccccc1CC1N=NC(C(=O)N[C@H]2COc3ccc(C#CC(C)(C)O)cc3N(C)C2=O)=N1. The summed E-state index contributed by atoms with van der Waals surface area (Å²) in [5, 5.41) is 20.5. The normalized spacial score (nSPS) is 19.2. The van der Waals surface area contributed by atoms with Gasteiger partial charge >= 0.3 is 0 Å². The molecule has 0 spiro atoms. The van der Waals surface area contributed by atoms with Crippen LogP contribution in [-0.2, 0) is 16.0 Å². The fourth-order valence-corrected chi connectivity index (χ4v) is 3.67. The van der Waals surface area contributed by atoms with E-state index in [9.17, 15) is 14.7 Å². The molecule has 2 heterocycles. The van der Waals surface area contributed by atoms with E-state index in [0.29, 0.717) is 23.4 Å². The van der Waals surface area contributed by atoms with Gasteiger partial charge in [-0.15, -0.1) is 5.11 Å². The van der Waals surface area contributed by atoms with Crippen molar-refractivity contribution in [3.63, 3.8) is 0 Å². The van der Waals surface area contributed by atoms with Gasteiger partial charge in [0.05, 0.1) is 5.69 Å². The summed E-state index contributed by atoms with van der Waals surface area (Å²) >= 11 is 0. The van der Waals surface area contributed by atoms with Crippen LogP contribution in [0.3, 0.4) is 0 Å². The summed E-state index contributed by atoms with van der Waals surface area (Å²) in [5.74, 6) is 5.13. The third-order valence-electron chi connectivity index (χ3n) is 5.60. The topological polar surface area (TPSA) is 116 Å². The van der Waals surface area contributed by atoms with Gasteiger partial charge in [0.1, 0.15) is 24.0 Å². The molecule has 0 aromatic heterocycles. The fraction of sp³-hybridized carbons (Fsp3) is 0.346. The molecule has 2 aliphatic heterocycles. The molecule has 9 nitrogen and oxygen atoms in total. The molecule has 9 heteroatoms. The number of hydrogen-bond donors (Lipinski definition) is 2. The van der Waals surface area contributed by atoms with Crippen LogP contribution >= 0.6 is 0 Å². The molecule has 180 valence electrons. The standard InChI is InChI=1S/C26H27N5O4/c1-16-7-5-6-8-18(16)14-22-28-23(30-29-22)24(32)27-19-15-35-21-10-9-17(11-12-26(2,3)34)13-20(21)31(4)25(19)33/h5-10,13,19,22,34H,14-15H2,1-4H3,(H,27,32)/t19-,22?/m0/s1. The van der Waals surface area contributed by atoms with Gasteiger partial charge in [-0.2, -0.15) is 5.11 Å². The van der Waals surface area contributed by atoms with E-state index in [4.69, 9.17) is 4.74 Å². The maximum atomic E-state index is 13.1. The molecule has 2 aliphatic rings. The Kier molecular flexibility index (Phi) is 6.67. The van der Waals surface area contributed by atoms with E-state index in [1.54, 1.807) is 39.1 Å². The van der Waals surface area contributed by atoms with Crippen molar-refractivity contribution in [2.24, 2.45) is 15.2 Å².